The highest BCUT2D eigenvalue weighted by Gasteiger charge is 2.32. The van der Waals surface area contributed by atoms with Crippen molar-refractivity contribution >= 4 is 16.7 Å². The second-order valence-electron chi connectivity index (χ2n) is 4.68. The number of carbonyl (C=O) groups is 1. The lowest BCUT2D eigenvalue weighted by Gasteiger charge is -2.24. The molecule has 0 fully saturated rings. The number of ether oxygens (including phenoxy) is 1. The molecule has 0 amide bonds. The number of likely N-dealkylation sites (N-methyl/N-ethyl adjacent to an activating group) is 1. The van der Waals surface area contributed by atoms with Gasteiger partial charge in [-0.25, -0.2) is 0 Å². The maximum atomic E-state index is 11.1. The van der Waals surface area contributed by atoms with Crippen LogP contribution in [-0.2, 0) is 4.79 Å². The molecule has 4 heteroatoms. The Labute approximate surface area is 112 Å². The normalized spacial score (nSPS) is 14.0. The minimum absolute atomic E-state index is 0.0666. The van der Waals surface area contributed by atoms with Crippen molar-refractivity contribution in [2.24, 2.45) is 0 Å². The van der Waals surface area contributed by atoms with Crippen LogP contribution in [0.15, 0.2) is 42.5 Å². The topological polar surface area (TPSA) is 58.6 Å². The summed E-state index contributed by atoms with van der Waals surface area (Å²) in [5.41, 5.74) is -1.09. The number of carboxylic acids is 1. The van der Waals surface area contributed by atoms with Crippen LogP contribution in [0.3, 0.4) is 0 Å². The molecule has 0 aliphatic heterocycles. The molecule has 0 radical (unpaired) electrons. The summed E-state index contributed by atoms with van der Waals surface area (Å²) in [5, 5.41) is 14.1. The zero-order chi connectivity index (χ0) is 13.9. The fraction of sp³-hybridized carbons (Fsp3) is 0.267. The predicted octanol–water partition coefficient (Wildman–Crippen LogP) is 2.28. The predicted molar refractivity (Wildman–Crippen MR) is 74.5 cm³/mol. The molecular weight excluding hydrogens is 242 g/mol. The number of benzene rings is 2. The molecule has 19 heavy (non-hydrogen) atoms. The quantitative estimate of drug-likeness (QED) is 0.865. The summed E-state index contributed by atoms with van der Waals surface area (Å²) in [4.78, 5) is 11.1. The van der Waals surface area contributed by atoms with E-state index in [1.165, 1.54) is 0 Å². The zero-order valence-corrected chi connectivity index (χ0v) is 11.0. The Balaban J connectivity index is 2.15. The standard InChI is InChI=1S/C15H17NO3/c1-15(16-2,14(17)18)10-19-13-8-7-11-5-3-4-6-12(11)9-13/h3-9,16H,10H2,1-2H3,(H,17,18). The molecule has 4 nitrogen and oxygen atoms in total. The van der Waals surface area contributed by atoms with Crippen molar-refractivity contribution in [3.63, 3.8) is 0 Å². The smallest absolute Gasteiger partial charge is 0.327 e. The van der Waals surface area contributed by atoms with E-state index in [1.807, 2.05) is 42.5 Å². The molecule has 2 rings (SSSR count). The monoisotopic (exact) mass is 259 g/mol. The Hall–Kier alpha value is -2.07. The summed E-state index contributed by atoms with van der Waals surface area (Å²) < 4.78 is 5.59. The molecule has 2 N–H and O–H groups in total. The summed E-state index contributed by atoms with van der Waals surface area (Å²) in [6, 6.07) is 13.7. The maximum absolute atomic E-state index is 11.1. The van der Waals surface area contributed by atoms with Gasteiger partial charge in [-0.3, -0.25) is 4.79 Å². The molecule has 2 aromatic carbocycles. The third-order valence-electron chi connectivity index (χ3n) is 3.27. The lowest BCUT2D eigenvalue weighted by molar-refractivity contribution is -0.145. The lowest BCUT2D eigenvalue weighted by Crippen LogP contribution is -2.52. The van der Waals surface area contributed by atoms with Gasteiger partial charge in [-0.1, -0.05) is 30.3 Å². The summed E-state index contributed by atoms with van der Waals surface area (Å²) in [7, 11) is 1.61. The van der Waals surface area contributed by atoms with Crippen LogP contribution in [0, 0.1) is 0 Å². The van der Waals surface area contributed by atoms with Crippen molar-refractivity contribution in [3.8, 4) is 5.75 Å². The molecule has 0 aliphatic carbocycles. The van der Waals surface area contributed by atoms with Gasteiger partial charge < -0.3 is 15.2 Å². The second-order valence-corrected chi connectivity index (χ2v) is 4.68. The summed E-state index contributed by atoms with van der Waals surface area (Å²) in [5.74, 6) is -0.266. The molecule has 1 unspecified atom stereocenters. The van der Waals surface area contributed by atoms with Gasteiger partial charge in [0.1, 0.15) is 17.9 Å². The largest absolute Gasteiger partial charge is 0.491 e. The van der Waals surface area contributed by atoms with Crippen LogP contribution in [0.1, 0.15) is 6.92 Å². The number of carboxylic acid groups (broad SMARTS) is 1. The first kappa shape index (κ1) is 13.4. The van der Waals surface area contributed by atoms with E-state index < -0.39 is 11.5 Å². The van der Waals surface area contributed by atoms with Gasteiger partial charge in [0.25, 0.3) is 0 Å². The fourth-order valence-corrected chi connectivity index (χ4v) is 1.73. The van der Waals surface area contributed by atoms with Crippen LogP contribution in [-0.4, -0.2) is 30.3 Å². The van der Waals surface area contributed by atoms with Crippen molar-refractivity contribution < 1.29 is 14.6 Å². The van der Waals surface area contributed by atoms with Gasteiger partial charge >= 0.3 is 5.97 Å². The van der Waals surface area contributed by atoms with Crippen molar-refractivity contribution in [1.29, 1.82) is 0 Å². The highest BCUT2D eigenvalue weighted by Crippen LogP contribution is 2.21. The molecule has 100 valence electrons. The first-order valence-corrected chi connectivity index (χ1v) is 6.09. The first-order chi connectivity index (χ1) is 9.05. The van der Waals surface area contributed by atoms with E-state index in [4.69, 9.17) is 9.84 Å². The molecular formula is C15H17NO3. The van der Waals surface area contributed by atoms with Crippen molar-refractivity contribution in [2.45, 2.75) is 12.5 Å². The third kappa shape index (κ3) is 2.85. The van der Waals surface area contributed by atoms with E-state index in [0.29, 0.717) is 5.75 Å². The molecule has 0 aromatic heterocycles. The summed E-state index contributed by atoms with van der Waals surface area (Å²) in [6.07, 6.45) is 0. The van der Waals surface area contributed by atoms with Crippen LogP contribution in [0.25, 0.3) is 10.8 Å². The minimum atomic E-state index is -1.09. The summed E-state index contributed by atoms with van der Waals surface area (Å²) in [6.45, 7) is 1.66. The van der Waals surface area contributed by atoms with Crippen LogP contribution >= 0.6 is 0 Å². The molecule has 1 atom stereocenters. The number of hydrogen-bond donors (Lipinski definition) is 2. The lowest BCUT2D eigenvalue weighted by atomic mass is 10.1. The van der Waals surface area contributed by atoms with Gasteiger partial charge in [-0.05, 0) is 36.9 Å². The van der Waals surface area contributed by atoms with Crippen molar-refractivity contribution in [2.75, 3.05) is 13.7 Å². The average molecular weight is 259 g/mol. The van der Waals surface area contributed by atoms with Gasteiger partial charge in [-0.15, -0.1) is 0 Å². The van der Waals surface area contributed by atoms with E-state index in [0.717, 1.165) is 10.8 Å². The van der Waals surface area contributed by atoms with Crippen molar-refractivity contribution in [1.82, 2.24) is 5.32 Å². The Morgan fingerprint density at radius 1 is 1.26 bits per heavy atom. The van der Waals surface area contributed by atoms with Crippen LogP contribution in [0.5, 0.6) is 5.75 Å². The molecule has 0 aliphatic rings. The molecule has 0 spiro atoms. The SMILES string of the molecule is CNC(C)(COc1ccc2ccccc2c1)C(=O)O. The molecule has 2 aromatic rings. The van der Waals surface area contributed by atoms with Gasteiger partial charge in [-0.2, -0.15) is 0 Å². The zero-order valence-electron chi connectivity index (χ0n) is 11.0. The highest BCUT2D eigenvalue weighted by molar-refractivity contribution is 5.83. The molecule has 0 bridgehead atoms. The molecule has 0 saturated carbocycles. The van der Waals surface area contributed by atoms with Gasteiger partial charge in [0.15, 0.2) is 0 Å². The minimum Gasteiger partial charge on any atom is -0.491 e. The number of rotatable bonds is 5. The van der Waals surface area contributed by atoms with Crippen LogP contribution < -0.4 is 10.1 Å². The summed E-state index contributed by atoms with van der Waals surface area (Å²) >= 11 is 0. The van der Waals surface area contributed by atoms with Gasteiger partial charge in [0.05, 0.1) is 0 Å². The maximum Gasteiger partial charge on any atom is 0.327 e. The average Bonchev–Trinajstić information content (AvgIpc) is 2.44. The second kappa shape index (κ2) is 5.28. The van der Waals surface area contributed by atoms with E-state index in [1.54, 1.807) is 14.0 Å². The van der Waals surface area contributed by atoms with Gasteiger partial charge in [0.2, 0.25) is 0 Å². The highest BCUT2D eigenvalue weighted by atomic mass is 16.5. The Kier molecular flexibility index (Phi) is 3.71. The fourth-order valence-electron chi connectivity index (χ4n) is 1.73. The van der Waals surface area contributed by atoms with E-state index in [2.05, 4.69) is 5.32 Å². The van der Waals surface area contributed by atoms with Crippen LogP contribution in [0.4, 0.5) is 0 Å². The van der Waals surface area contributed by atoms with E-state index >= 15 is 0 Å². The van der Waals surface area contributed by atoms with Crippen LogP contribution in [0.2, 0.25) is 0 Å². The number of nitrogens with one attached hydrogen (secondary N) is 1. The first-order valence-electron chi connectivity index (χ1n) is 6.09. The number of hydrogen-bond acceptors (Lipinski definition) is 3. The Morgan fingerprint density at radius 2 is 1.95 bits per heavy atom. The third-order valence-corrected chi connectivity index (χ3v) is 3.27. The van der Waals surface area contributed by atoms with Crippen molar-refractivity contribution in [3.05, 3.63) is 42.5 Å². The number of aliphatic carboxylic acids is 1. The van der Waals surface area contributed by atoms with E-state index in [-0.39, 0.29) is 6.61 Å². The molecule has 0 heterocycles. The number of fused-ring (bicyclic) bond motifs is 1. The van der Waals surface area contributed by atoms with E-state index in [9.17, 15) is 4.79 Å². The molecule has 0 saturated heterocycles. The van der Waals surface area contributed by atoms with Gasteiger partial charge in [0, 0.05) is 0 Å². The Morgan fingerprint density at radius 3 is 2.58 bits per heavy atom. The Bertz CT molecular complexity index is 597.